The van der Waals surface area contributed by atoms with Crippen LogP contribution in [0.15, 0.2) is 97.1 Å². The van der Waals surface area contributed by atoms with Gasteiger partial charge < -0.3 is 0 Å². The molecule has 4 rings (SSSR count). The van der Waals surface area contributed by atoms with Gasteiger partial charge in [-0.15, -0.1) is 0 Å². The molecule has 0 heterocycles. The van der Waals surface area contributed by atoms with Gasteiger partial charge in [0.25, 0.3) is 0 Å². The summed E-state index contributed by atoms with van der Waals surface area (Å²) in [5, 5.41) is 0. The lowest BCUT2D eigenvalue weighted by atomic mass is 9.91. The van der Waals surface area contributed by atoms with Crippen molar-refractivity contribution in [2.24, 2.45) is 0 Å². The van der Waals surface area contributed by atoms with Gasteiger partial charge in [0.15, 0.2) is 0 Å². The highest BCUT2D eigenvalue weighted by molar-refractivity contribution is 5.85. The summed E-state index contributed by atoms with van der Waals surface area (Å²) in [6.45, 7) is 4.34. The number of hydrogen-bond acceptors (Lipinski definition) is 0. The summed E-state index contributed by atoms with van der Waals surface area (Å²) in [5.41, 5.74) is 10.2. The summed E-state index contributed by atoms with van der Waals surface area (Å²) in [4.78, 5) is 0. The molecule has 0 aliphatic rings. The second-order valence-electron chi connectivity index (χ2n) is 6.79. The normalized spacial score (nSPS) is 10.7. The van der Waals surface area contributed by atoms with E-state index in [1.165, 1.54) is 44.5 Å². The molecule has 4 aromatic rings. The van der Waals surface area contributed by atoms with E-state index in [0.29, 0.717) is 0 Å². The Bertz CT molecular complexity index is 1040. The van der Waals surface area contributed by atoms with Crippen LogP contribution in [0.4, 0.5) is 0 Å². The quantitative estimate of drug-likeness (QED) is 0.368. The van der Waals surface area contributed by atoms with E-state index >= 15 is 0 Å². The predicted molar refractivity (Wildman–Crippen MR) is 112 cm³/mol. The molecule has 0 heteroatoms. The molecule has 0 aromatic heterocycles. The van der Waals surface area contributed by atoms with Crippen LogP contribution >= 0.6 is 0 Å². The van der Waals surface area contributed by atoms with E-state index in [2.05, 4.69) is 111 Å². The Morgan fingerprint density at radius 2 is 0.962 bits per heavy atom. The van der Waals surface area contributed by atoms with Crippen molar-refractivity contribution in [3.8, 4) is 33.4 Å². The van der Waals surface area contributed by atoms with E-state index in [0.717, 1.165) is 0 Å². The van der Waals surface area contributed by atoms with Crippen molar-refractivity contribution in [2.75, 3.05) is 0 Å². The molecule has 0 fully saturated rings. The van der Waals surface area contributed by atoms with Gasteiger partial charge in [0.1, 0.15) is 0 Å². The molecule has 0 aliphatic heterocycles. The Morgan fingerprint density at radius 3 is 1.65 bits per heavy atom. The molecule has 4 aromatic carbocycles. The maximum Gasteiger partial charge on any atom is -0.0105 e. The first-order valence-electron chi connectivity index (χ1n) is 9.05. The van der Waals surface area contributed by atoms with Crippen LogP contribution in [0.2, 0.25) is 0 Å². The van der Waals surface area contributed by atoms with Gasteiger partial charge in [-0.05, 0) is 64.4 Å². The van der Waals surface area contributed by atoms with Crippen molar-refractivity contribution in [1.29, 1.82) is 0 Å². The Morgan fingerprint density at radius 1 is 0.385 bits per heavy atom. The smallest absolute Gasteiger partial charge is 0.0105 e. The van der Waals surface area contributed by atoms with Gasteiger partial charge in [0.2, 0.25) is 0 Å². The molecular weight excluding hydrogens is 312 g/mol. The lowest BCUT2D eigenvalue weighted by Crippen LogP contribution is -1.88. The number of benzene rings is 4. The zero-order chi connectivity index (χ0) is 17.9. The summed E-state index contributed by atoms with van der Waals surface area (Å²) in [6, 6.07) is 34.8. The average Bonchev–Trinajstić information content (AvgIpc) is 2.71. The van der Waals surface area contributed by atoms with Crippen LogP contribution < -0.4 is 0 Å². The third kappa shape index (κ3) is 3.19. The molecule has 0 spiro atoms. The van der Waals surface area contributed by atoms with Crippen LogP contribution in [0.1, 0.15) is 11.1 Å². The fourth-order valence-electron chi connectivity index (χ4n) is 3.39. The van der Waals surface area contributed by atoms with Gasteiger partial charge in [-0.3, -0.25) is 0 Å². The van der Waals surface area contributed by atoms with Gasteiger partial charge in [-0.2, -0.15) is 0 Å². The Balaban J connectivity index is 1.83. The first-order chi connectivity index (χ1) is 12.7. The summed E-state index contributed by atoms with van der Waals surface area (Å²) in [6.07, 6.45) is 0. The SMILES string of the molecule is Cc1ccc(-c2ccccc2-c2cccc(-c3ccccc3)c2)cc1C. The van der Waals surface area contributed by atoms with Gasteiger partial charge in [0, 0.05) is 0 Å². The summed E-state index contributed by atoms with van der Waals surface area (Å²) in [7, 11) is 0. The minimum atomic E-state index is 1.25. The zero-order valence-corrected chi connectivity index (χ0v) is 15.2. The van der Waals surface area contributed by atoms with Gasteiger partial charge in [0.05, 0.1) is 0 Å². The van der Waals surface area contributed by atoms with Crippen molar-refractivity contribution in [2.45, 2.75) is 13.8 Å². The third-order valence-corrected chi connectivity index (χ3v) is 5.03. The molecule has 0 atom stereocenters. The molecule has 0 bridgehead atoms. The highest BCUT2D eigenvalue weighted by Crippen LogP contribution is 2.34. The maximum absolute atomic E-state index is 2.29. The van der Waals surface area contributed by atoms with Crippen molar-refractivity contribution >= 4 is 0 Å². The molecular formula is C26H22. The topological polar surface area (TPSA) is 0 Å². The van der Waals surface area contributed by atoms with Gasteiger partial charge in [-0.25, -0.2) is 0 Å². The lowest BCUT2D eigenvalue weighted by molar-refractivity contribution is 1.34. The number of rotatable bonds is 3. The van der Waals surface area contributed by atoms with Crippen LogP contribution in [-0.4, -0.2) is 0 Å². The summed E-state index contributed by atoms with van der Waals surface area (Å²) < 4.78 is 0. The second-order valence-corrected chi connectivity index (χ2v) is 6.79. The van der Waals surface area contributed by atoms with Crippen LogP contribution in [0.3, 0.4) is 0 Å². The van der Waals surface area contributed by atoms with E-state index < -0.39 is 0 Å². The predicted octanol–water partition coefficient (Wildman–Crippen LogP) is 7.30. The largest absolute Gasteiger partial charge is 0.0622 e. The Kier molecular flexibility index (Phi) is 4.41. The van der Waals surface area contributed by atoms with Crippen molar-refractivity contribution in [3.63, 3.8) is 0 Å². The molecule has 126 valence electrons. The minimum Gasteiger partial charge on any atom is -0.0622 e. The van der Waals surface area contributed by atoms with E-state index in [-0.39, 0.29) is 0 Å². The highest BCUT2D eigenvalue weighted by atomic mass is 14.1. The molecule has 0 saturated carbocycles. The molecule has 0 N–H and O–H groups in total. The molecule has 0 nitrogen and oxygen atoms in total. The van der Waals surface area contributed by atoms with Crippen LogP contribution in [0.25, 0.3) is 33.4 Å². The number of hydrogen-bond donors (Lipinski definition) is 0. The minimum absolute atomic E-state index is 1.25. The molecule has 0 unspecified atom stereocenters. The van der Waals surface area contributed by atoms with Crippen LogP contribution in [-0.2, 0) is 0 Å². The molecule has 26 heavy (non-hydrogen) atoms. The van der Waals surface area contributed by atoms with Crippen molar-refractivity contribution in [3.05, 3.63) is 108 Å². The van der Waals surface area contributed by atoms with Gasteiger partial charge >= 0.3 is 0 Å². The molecule has 0 saturated heterocycles. The van der Waals surface area contributed by atoms with E-state index in [1.807, 2.05) is 0 Å². The fraction of sp³-hybridized carbons (Fsp3) is 0.0769. The summed E-state index contributed by atoms with van der Waals surface area (Å²) in [5.74, 6) is 0. The molecule has 0 amide bonds. The zero-order valence-electron chi connectivity index (χ0n) is 15.2. The molecule has 0 aliphatic carbocycles. The van der Waals surface area contributed by atoms with Crippen LogP contribution in [0.5, 0.6) is 0 Å². The molecule has 0 radical (unpaired) electrons. The number of aryl methyl sites for hydroxylation is 2. The average molecular weight is 334 g/mol. The van der Waals surface area contributed by atoms with E-state index in [1.54, 1.807) is 0 Å². The first-order valence-corrected chi connectivity index (χ1v) is 9.05. The lowest BCUT2D eigenvalue weighted by Gasteiger charge is -2.13. The standard InChI is InChI=1S/C26H22/c1-19-15-16-24(17-20(19)2)26-14-7-6-13-25(26)23-12-8-11-22(18-23)21-9-4-3-5-10-21/h3-18H,1-2H3. The van der Waals surface area contributed by atoms with Crippen molar-refractivity contribution in [1.82, 2.24) is 0 Å². The van der Waals surface area contributed by atoms with Crippen LogP contribution in [0, 0.1) is 13.8 Å². The van der Waals surface area contributed by atoms with E-state index in [4.69, 9.17) is 0 Å². The Hall–Kier alpha value is -3.12. The van der Waals surface area contributed by atoms with E-state index in [9.17, 15) is 0 Å². The van der Waals surface area contributed by atoms with Crippen molar-refractivity contribution < 1.29 is 0 Å². The highest BCUT2D eigenvalue weighted by Gasteiger charge is 2.09. The second kappa shape index (κ2) is 7.01. The Labute approximate surface area is 155 Å². The first kappa shape index (κ1) is 16.4. The fourth-order valence-corrected chi connectivity index (χ4v) is 3.39. The third-order valence-electron chi connectivity index (χ3n) is 5.03. The monoisotopic (exact) mass is 334 g/mol. The summed E-state index contributed by atoms with van der Waals surface area (Å²) >= 11 is 0. The van der Waals surface area contributed by atoms with Gasteiger partial charge in [-0.1, -0.05) is 91.0 Å². The maximum atomic E-state index is 2.29.